The lowest BCUT2D eigenvalue weighted by Gasteiger charge is -2.20. The molecule has 1 heterocycles. The van der Waals surface area contributed by atoms with E-state index in [1.54, 1.807) is 0 Å². The summed E-state index contributed by atoms with van der Waals surface area (Å²) in [6, 6.07) is 10.2. The summed E-state index contributed by atoms with van der Waals surface area (Å²) < 4.78 is 0. The van der Waals surface area contributed by atoms with Crippen molar-refractivity contribution in [2.45, 2.75) is 38.5 Å². The smallest absolute Gasteiger partial charge is 0.244 e. The van der Waals surface area contributed by atoms with E-state index in [1.165, 1.54) is 18.5 Å². The zero-order valence-corrected chi connectivity index (χ0v) is 12.3. The fourth-order valence-electron chi connectivity index (χ4n) is 3.35. The van der Waals surface area contributed by atoms with Gasteiger partial charge in [0.2, 0.25) is 5.91 Å². The van der Waals surface area contributed by atoms with Gasteiger partial charge in [-0.15, -0.1) is 0 Å². The lowest BCUT2D eigenvalue weighted by atomic mass is 9.87. The van der Waals surface area contributed by atoms with E-state index in [0.29, 0.717) is 12.8 Å². The predicted molar refractivity (Wildman–Crippen MR) is 83.0 cm³/mol. The van der Waals surface area contributed by atoms with Crippen LogP contribution in [0.25, 0.3) is 0 Å². The summed E-state index contributed by atoms with van der Waals surface area (Å²) in [5.74, 6) is -0.142. The SMILES string of the molecule is N#CC1(C(=O)Nc2ccc(N3CCCC3)cc2)CCCC1. The number of rotatable bonds is 3. The van der Waals surface area contributed by atoms with E-state index in [4.69, 9.17) is 0 Å². The Morgan fingerprint density at radius 2 is 1.71 bits per heavy atom. The van der Waals surface area contributed by atoms with E-state index in [2.05, 4.69) is 28.4 Å². The number of carbonyl (C=O) groups is 1. The molecule has 1 aliphatic carbocycles. The molecule has 0 radical (unpaired) electrons. The molecule has 21 heavy (non-hydrogen) atoms. The molecule has 0 unspecified atom stereocenters. The average molecular weight is 283 g/mol. The van der Waals surface area contributed by atoms with Crippen LogP contribution >= 0.6 is 0 Å². The molecule has 2 aliphatic rings. The standard InChI is InChI=1S/C17H21N3O/c18-13-17(9-1-2-10-17)16(21)19-14-5-7-15(8-6-14)20-11-3-4-12-20/h5-8H,1-4,9-12H2,(H,19,21). The molecule has 1 saturated heterocycles. The minimum atomic E-state index is -0.812. The van der Waals surface area contributed by atoms with Crippen LogP contribution in [0.3, 0.4) is 0 Å². The summed E-state index contributed by atoms with van der Waals surface area (Å²) in [5, 5.41) is 12.2. The van der Waals surface area contributed by atoms with Crippen molar-refractivity contribution in [1.82, 2.24) is 0 Å². The Kier molecular flexibility index (Phi) is 3.83. The maximum absolute atomic E-state index is 12.4. The van der Waals surface area contributed by atoms with Crippen LogP contribution < -0.4 is 10.2 Å². The Morgan fingerprint density at radius 3 is 2.29 bits per heavy atom. The fourth-order valence-corrected chi connectivity index (χ4v) is 3.35. The van der Waals surface area contributed by atoms with Crippen molar-refractivity contribution >= 4 is 17.3 Å². The molecule has 1 aliphatic heterocycles. The van der Waals surface area contributed by atoms with Crippen molar-refractivity contribution < 1.29 is 4.79 Å². The van der Waals surface area contributed by atoms with Crippen molar-refractivity contribution in [3.8, 4) is 6.07 Å². The summed E-state index contributed by atoms with van der Waals surface area (Å²) in [6.07, 6.45) is 5.80. The van der Waals surface area contributed by atoms with Gasteiger partial charge in [0.15, 0.2) is 0 Å². The molecule has 2 fully saturated rings. The Hall–Kier alpha value is -2.02. The number of nitriles is 1. The van der Waals surface area contributed by atoms with E-state index in [-0.39, 0.29) is 5.91 Å². The molecule has 0 atom stereocenters. The first-order valence-electron chi connectivity index (χ1n) is 7.81. The summed E-state index contributed by atoms with van der Waals surface area (Å²) in [7, 11) is 0. The van der Waals surface area contributed by atoms with Crippen molar-refractivity contribution in [1.29, 1.82) is 5.26 Å². The molecule has 0 spiro atoms. The van der Waals surface area contributed by atoms with Crippen LogP contribution in [-0.2, 0) is 4.79 Å². The summed E-state index contributed by atoms with van der Waals surface area (Å²) in [6.45, 7) is 2.23. The zero-order valence-electron chi connectivity index (χ0n) is 12.3. The highest BCUT2D eigenvalue weighted by atomic mass is 16.2. The van der Waals surface area contributed by atoms with Crippen molar-refractivity contribution in [3.05, 3.63) is 24.3 Å². The predicted octanol–water partition coefficient (Wildman–Crippen LogP) is 3.31. The number of carbonyl (C=O) groups excluding carboxylic acids is 1. The quantitative estimate of drug-likeness (QED) is 0.926. The second-order valence-corrected chi connectivity index (χ2v) is 6.10. The molecule has 1 aromatic carbocycles. The molecule has 1 saturated carbocycles. The van der Waals surface area contributed by atoms with Gasteiger partial charge in [0.1, 0.15) is 5.41 Å². The summed E-state index contributed by atoms with van der Waals surface area (Å²) in [4.78, 5) is 14.7. The van der Waals surface area contributed by atoms with E-state index < -0.39 is 5.41 Å². The van der Waals surface area contributed by atoms with Crippen molar-refractivity contribution in [2.75, 3.05) is 23.3 Å². The van der Waals surface area contributed by atoms with Gasteiger partial charge in [0.05, 0.1) is 6.07 Å². The number of amides is 1. The van der Waals surface area contributed by atoms with Gasteiger partial charge in [-0.05, 0) is 49.9 Å². The number of hydrogen-bond acceptors (Lipinski definition) is 3. The molecule has 0 bridgehead atoms. The van der Waals surface area contributed by atoms with Gasteiger partial charge in [0, 0.05) is 24.5 Å². The Morgan fingerprint density at radius 1 is 1.10 bits per heavy atom. The Labute approximate surface area is 125 Å². The van der Waals surface area contributed by atoms with Crippen LogP contribution in [0.1, 0.15) is 38.5 Å². The first-order valence-corrected chi connectivity index (χ1v) is 7.81. The third-order valence-corrected chi connectivity index (χ3v) is 4.70. The lowest BCUT2D eigenvalue weighted by molar-refractivity contribution is -0.122. The fraction of sp³-hybridized carbons (Fsp3) is 0.529. The van der Waals surface area contributed by atoms with E-state index in [9.17, 15) is 10.1 Å². The topological polar surface area (TPSA) is 56.1 Å². The largest absolute Gasteiger partial charge is 0.372 e. The molecule has 3 rings (SSSR count). The number of nitrogens with one attached hydrogen (secondary N) is 1. The Balaban J connectivity index is 1.67. The first-order chi connectivity index (χ1) is 10.2. The molecule has 0 aromatic heterocycles. The zero-order chi connectivity index (χ0) is 14.7. The monoisotopic (exact) mass is 283 g/mol. The van der Waals surface area contributed by atoms with E-state index in [0.717, 1.165) is 31.6 Å². The van der Waals surface area contributed by atoms with Crippen molar-refractivity contribution in [3.63, 3.8) is 0 Å². The van der Waals surface area contributed by atoms with Crippen LogP contribution in [0.4, 0.5) is 11.4 Å². The molecule has 1 amide bonds. The van der Waals surface area contributed by atoms with Gasteiger partial charge < -0.3 is 10.2 Å². The molecule has 1 N–H and O–H groups in total. The number of hydrogen-bond donors (Lipinski definition) is 1. The van der Waals surface area contributed by atoms with Crippen LogP contribution in [-0.4, -0.2) is 19.0 Å². The van der Waals surface area contributed by atoms with Gasteiger partial charge in [-0.2, -0.15) is 5.26 Å². The van der Waals surface area contributed by atoms with Gasteiger partial charge in [-0.1, -0.05) is 12.8 Å². The summed E-state index contributed by atoms with van der Waals surface area (Å²) >= 11 is 0. The second-order valence-electron chi connectivity index (χ2n) is 6.10. The Bertz CT molecular complexity index is 546. The number of benzene rings is 1. The summed E-state index contributed by atoms with van der Waals surface area (Å²) in [5.41, 5.74) is 1.18. The highest BCUT2D eigenvalue weighted by molar-refractivity contribution is 5.97. The highest BCUT2D eigenvalue weighted by Crippen LogP contribution is 2.38. The molecular formula is C17H21N3O. The second kappa shape index (κ2) is 5.77. The minimum Gasteiger partial charge on any atom is -0.372 e. The van der Waals surface area contributed by atoms with Crippen LogP contribution in [0, 0.1) is 16.7 Å². The maximum atomic E-state index is 12.4. The van der Waals surface area contributed by atoms with Crippen LogP contribution in [0.15, 0.2) is 24.3 Å². The molecule has 4 nitrogen and oxygen atoms in total. The van der Waals surface area contributed by atoms with Gasteiger partial charge in [0.25, 0.3) is 0 Å². The van der Waals surface area contributed by atoms with Crippen molar-refractivity contribution in [2.24, 2.45) is 5.41 Å². The number of nitrogens with zero attached hydrogens (tertiary/aromatic N) is 2. The minimum absolute atomic E-state index is 0.142. The normalized spacial score (nSPS) is 20.2. The molecule has 4 heteroatoms. The van der Waals surface area contributed by atoms with E-state index >= 15 is 0 Å². The van der Waals surface area contributed by atoms with Gasteiger partial charge in [-0.3, -0.25) is 4.79 Å². The first kappa shape index (κ1) is 13.9. The lowest BCUT2D eigenvalue weighted by Crippen LogP contribution is -2.32. The highest BCUT2D eigenvalue weighted by Gasteiger charge is 2.41. The van der Waals surface area contributed by atoms with Gasteiger partial charge in [-0.25, -0.2) is 0 Å². The maximum Gasteiger partial charge on any atom is 0.244 e. The third-order valence-electron chi connectivity index (χ3n) is 4.70. The molecular weight excluding hydrogens is 262 g/mol. The third kappa shape index (κ3) is 2.73. The molecule has 110 valence electrons. The van der Waals surface area contributed by atoms with Gasteiger partial charge >= 0.3 is 0 Å². The van der Waals surface area contributed by atoms with Crippen LogP contribution in [0.5, 0.6) is 0 Å². The van der Waals surface area contributed by atoms with E-state index in [1.807, 2.05) is 12.1 Å². The number of anilines is 2. The average Bonchev–Trinajstić information content (AvgIpc) is 3.20. The van der Waals surface area contributed by atoms with Crippen LogP contribution in [0.2, 0.25) is 0 Å². The molecule has 1 aromatic rings.